The van der Waals surface area contributed by atoms with Crippen molar-refractivity contribution in [1.82, 2.24) is 5.32 Å². The molecule has 0 amide bonds. The van der Waals surface area contributed by atoms with Crippen LogP contribution >= 0.6 is 0 Å². The number of esters is 1. The summed E-state index contributed by atoms with van der Waals surface area (Å²) in [6.45, 7) is 1.76. The van der Waals surface area contributed by atoms with Crippen LogP contribution in [0.15, 0.2) is 18.2 Å². The highest BCUT2D eigenvalue weighted by atomic mass is 16.5. The van der Waals surface area contributed by atoms with Gasteiger partial charge in [0.2, 0.25) is 0 Å². The Morgan fingerprint density at radius 3 is 2.94 bits per heavy atom. The summed E-state index contributed by atoms with van der Waals surface area (Å²) in [6.07, 6.45) is 2.07. The van der Waals surface area contributed by atoms with E-state index >= 15 is 0 Å². The quantitative estimate of drug-likeness (QED) is 0.746. The number of nitrogens with one attached hydrogen (secondary N) is 1. The summed E-state index contributed by atoms with van der Waals surface area (Å²) in [5.74, 6) is 0.587. The van der Waals surface area contributed by atoms with Crippen molar-refractivity contribution in [3.63, 3.8) is 0 Å². The molecule has 1 saturated heterocycles. The number of ether oxygens (including phenoxy) is 2. The van der Waals surface area contributed by atoms with Crippen LogP contribution in [0.5, 0.6) is 5.75 Å². The Balaban J connectivity index is 2.05. The zero-order valence-electron chi connectivity index (χ0n) is 9.79. The SMILES string of the molecule is COC(=O)c1ccc2c(c1)[C@@]1(CCN1)CCO2. The number of benzene rings is 1. The molecule has 0 saturated carbocycles. The maximum absolute atomic E-state index is 11.5. The van der Waals surface area contributed by atoms with Crippen LogP contribution in [0.3, 0.4) is 0 Å². The average molecular weight is 233 g/mol. The molecular formula is C13H15NO3. The van der Waals surface area contributed by atoms with E-state index in [1.807, 2.05) is 12.1 Å². The van der Waals surface area contributed by atoms with Crippen LogP contribution in [-0.2, 0) is 10.3 Å². The summed E-state index contributed by atoms with van der Waals surface area (Å²) in [5, 5.41) is 3.47. The summed E-state index contributed by atoms with van der Waals surface area (Å²) < 4.78 is 10.4. The van der Waals surface area contributed by atoms with E-state index in [0.717, 1.165) is 37.3 Å². The molecule has 90 valence electrons. The van der Waals surface area contributed by atoms with Gasteiger partial charge in [0.15, 0.2) is 0 Å². The fourth-order valence-corrected chi connectivity index (χ4v) is 2.61. The van der Waals surface area contributed by atoms with Gasteiger partial charge >= 0.3 is 5.97 Å². The molecule has 2 aliphatic heterocycles. The highest BCUT2D eigenvalue weighted by molar-refractivity contribution is 5.90. The molecule has 2 aliphatic rings. The van der Waals surface area contributed by atoms with Crippen molar-refractivity contribution >= 4 is 5.97 Å². The minimum absolute atomic E-state index is 0.0254. The average Bonchev–Trinajstić information content (AvgIpc) is 2.34. The van der Waals surface area contributed by atoms with E-state index in [-0.39, 0.29) is 11.5 Å². The summed E-state index contributed by atoms with van der Waals surface area (Å²) >= 11 is 0. The Hall–Kier alpha value is -1.55. The van der Waals surface area contributed by atoms with Gasteiger partial charge in [-0.15, -0.1) is 0 Å². The first kappa shape index (κ1) is 10.6. The molecule has 3 rings (SSSR count). The van der Waals surface area contributed by atoms with Gasteiger partial charge in [0.05, 0.1) is 24.8 Å². The third kappa shape index (κ3) is 1.52. The van der Waals surface area contributed by atoms with Gasteiger partial charge in [0.1, 0.15) is 5.75 Å². The normalized spacial score (nSPS) is 25.7. The minimum Gasteiger partial charge on any atom is -0.493 e. The molecule has 1 fully saturated rings. The van der Waals surface area contributed by atoms with Crippen LogP contribution in [0.1, 0.15) is 28.8 Å². The Bertz CT molecular complexity index is 466. The summed E-state index contributed by atoms with van der Waals surface area (Å²) in [6, 6.07) is 5.51. The summed E-state index contributed by atoms with van der Waals surface area (Å²) in [5.41, 5.74) is 1.71. The van der Waals surface area contributed by atoms with Crippen molar-refractivity contribution in [2.24, 2.45) is 0 Å². The second-order valence-corrected chi connectivity index (χ2v) is 4.56. The van der Waals surface area contributed by atoms with E-state index < -0.39 is 0 Å². The van der Waals surface area contributed by atoms with Crippen LogP contribution in [0.2, 0.25) is 0 Å². The van der Waals surface area contributed by atoms with Crippen molar-refractivity contribution in [2.45, 2.75) is 18.4 Å². The van der Waals surface area contributed by atoms with Gasteiger partial charge in [-0.25, -0.2) is 4.79 Å². The Kier molecular flexibility index (Phi) is 2.33. The molecule has 1 spiro atoms. The number of rotatable bonds is 1. The number of hydrogen-bond acceptors (Lipinski definition) is 4. The third-order valence-corrected chi connectivity index (χ3v) is 3.72. The van der Waals surface area contributed by atoms with Crippen LogP contribution in [0.4, 0.5) is 0 Å². The molecule has 4 nitrogen and oxygen atoms in total. The topological polar surface area (TPSA) is 47.6 Å². The second kappa shape index (κ2) is 3.74. The fourth-order valence-electron chi connectivity index (χ4n) is 2.61. The smallest absolute Gasteiger partial charge is 0.337 e. The lowest BCUT2D eigenvalue weighted by molar-refractivity contribution is 0.0599. The highest BCUT2D eigenvalue weighted by Gasteiger charge is 2.42. The minimum atomic E-state index is -0.298. The van der Waals surface area contributed by atoms with Crippen LogP contribution < -0.4 is 10.1 Å². The summed E-state index contributed by atoms with van der Waals surface area (Å²) in [7, 11) is 1.40. The predicted octanol–water partition coefficient (Wildman–Crippen LogP) is 1.44. The Labute approximate surface area is 99.9 Å². The molecule has 1 aromatic carbocycles. The Morgan fingerprint density at radius 1 is 1.47 bits per heavy atom. The first-order chi connectivity index (χ1) is 8.25. The van der Waals surface area contributed by atoms with Crippen LogP contribution in [0, 0.1) is 0 Å². The molecule has 1 N–H and O–H groups in total. The zero-order valence-corrected chi connectivity index (χ0v) is 9.79. The lowest BCUT2D eigenvalue weighted by atomic mass is 9.76. The van der Waals surface area contributed by atoms with Crippen molar-refractivity contribution in [3.05, 3.63) is 29.3 Å². The van der Waals surface area contributed by atoms with Crippen molar-refractivity contribution < 1.29 is 14.3 Å². The standard InChI is InChI=1S/C13H15NO3/c1-16-12(15)9-2-3-11-10(8-9)13(4-6-14-13)5-7-17-11/h2-3,8,14H,4-7H2,1H3/t13-/m1/s1. The second-order valence-electron chi connectivity index (χ2n) is 4.56. The number of methoxy groups -OCH3 is 1. The number of carbonyl (C=O) groups excluding carboxylic acids is 1. The monoisotopic (exact) mass is 233 g/mol. The van der Waals surface area contributed by atoms with Crippen molar-refractivity contribution in [1.29, 1.82) is 0 Å². The van der Waals surface area contributed by atoms with E-state index in [2.05, 4.69) is 5.32 Å². The van der Waals surface area contributed by atoms with Gasteiger partial charge in [0.25, 0.3) is 0 Å². The fraction of sp³-hybridized carbons (Fsp3) is 0.462. The zero-order chi connectivity index (χ0) is 11.9. The Morgan fingerprint density at radius 2 is 2.29 bits per heavy atom. The molecule has 1 atom stereocenters. The molecule has 4 heteroatoms. The molecule has 0 unspecified atom stereocenters. The van der Waals surface area contributed by atoms with Crippen LogP contribution in [-0.4, -0.2) is 26.2 Å². The number of carbonyl (C=O) groups is 1. The maximum Gasteiger partial charge on any atom is 0.337 e. The van der Waals surface area contributed by atoms with E-state index in [0.29, 0.717) is 5.56 Å². The maximum atomic E-state index is 11.5. The van der Waals surface area contributed by atoms with Gasteiger partial charge in [-0.1, -0.05) is 0 Å². The van der Waals surface area contributed by atoms with Gasteiger partial charge < -0.3 is 14.8 Å². The van der Waals surface area contributed by atoms with Gasteiger partial charge in [-0.2, -0.15) is 0 Å². The first-order valence-electron chi connectivity index (χ1n) is 5.86. The largest absolute Gasteiger partial charge is 0.493 e. The molecule has 2 heterocycles. The lowest BCUT2D eigenvalue weighted by Crippen LogP contribution is -2.56. The number of fused-ring (bicyclic) bond motifs is 2. The lowest BCUT2D eigenvalue weighted by Gasteiger charge is -2.47. The predicted molar refractivity (Wildman–Crippen MR) is 62.2 cm³/mol. The van der Waals surface area contributed by atoms with Crippen LogP contribution in [0.25, 0.3) is 0 Å². The summed E-state index contributed by atoms with van der Waals surface area (Å²) in [4.78, 5) is 11.5. The molecule has 0 aliphatic carbocycles. The molecule has 0 aromatic heterocycles. The van der Waals surface area contributed by atoms with E-state index in [1.54, 1.807) is 6.07 Å². The van der Waals surface area contributed by atoms with E-state index in [4.69, 9.17) is 9.47 Å². The first-order valence-corrected chi connectivity index (χ1v) is 5.86. The van der Waals surface area contributed by atoms with Crippen molar-refractivity contribution in [2.75, 3.05) is 20.3 Å². The molecule has 17 heavy (non-hydrogen) atoms. The highest BCUT2D eigenvalue weighted by Crippen LogP contribution is 2.43. The third-order valence-electron chi connectivity index (χ3n) is 3.72. The molecule has 0 bridgehead atoms. The number of hydrogen-bond donors (Lipinski definition) is 1. The van der Waals surface area contributed by atoms with Gasteiger partial charge in [-0.05, 0) is 31.2 Å². The van der Waals surface area contributed by atoms with E-state index in [9.17, 15) is 4.79 Å². The molecule has 0 radical (unpaired) electrons. The van der Waals surface area contributed by atoms with E-state index in [1.165, 1.54) is 7.11 Å². The molecular weight excluding hydrogens is 218 g/mol. The van der Waals surface area contributed by atoms with Crippen molar-refractivity contribution in [3.8, 4) is 5.75 Å². The van der Waals surface area contributed by atoms with Gasteiger partial charge in [0, 0.05) is 12.0 Å². The van der Waals surface area contributed by atoms with Gasteiger partial charge in [-0.3, -0.25) is 0 Å². The molecule has 1 aromatic rings.